The molecule has 0 unspecified atom stereocenters. The lowest BCUT2D eigenvalue weighted by molar-refractivity contribution is 0.660. The van der Waals surface area contributed by atoms with Gasteiger partial charge in [-0.2, -0.15) is 0 Å². The molecule has 2 heterocycles. The number of benzene rings is 9. The summed E-state index contributed by atoms with van der Waals surface area (Å²) in [5.74, 6) is 0. The predicted molar refractivity (Wildman–Crippen MR) is 301 cm³/mol. The molecule has 0 amide bonds. The summed E-state index contributed by atoms with van der Waals surface area (Å²) in [6, 6.07) is 85.9. The van der Waals surface area contributed by atoms with Gasteiger partial charge < -0.3 is 9.47 Å². The van der Waals surface area contributed by atoms with E-state index in [1.807, 2.05) is 17.4 Å². The van der Waals surface area contributed by atoms with Crippen LogP contribution in [-0.2, 0) is 5.41 Å². The van der Waals surface area contributed by atoms with E-state index in [0.717, 1.165) is 45.1 Å². The van der Waals surface area contributed by atoms with Crippen molar-refractivity contribution in [3.8, 4) is 59.9 Å². The van der Waals surface area contributed by atoms with E-state index in [1.165, 1.54) is 70.8 Å². The van der Waals surface area contributed by atoms with Crippen LogP contribution in [0.25, 0.3) is 89.1 Å². The molecule has 2 aromatic heterocycles. The molecule has 0 bridgehead atoms. The maximum Gasteiger partial charge on any atom is 0.0541 e. The molecule has 2 nitrogen and oxygen atoms in total. The van der Waals surface area contributed by atoms with Crippen LogP contribution < -0.4 is 4.90 Å². The number of thiophene rings is 1. The van der Waals surface area contributed by atoms with Crippen molar-refractivity contribution < 1.29 is 0 Å². The van der Waals surface area contributed by atoms with Gasteiger partial charge >= 0.3 is 0 Å². The van der Waals surface area contributed by atoms with Gasteiger partial charge in [0.1, 0.15) is 0 Å². The summed E-state index contributed by atoms with van der Waals surface area (Å²) in [6.07, 6.45) is 6.50. The van der Waals surface area contributed by atoms with Crippen molar-refractivity contribution in [1.82, 2.24) is 4.57 Å². The minimum Gasteiger partial charge on any atom is -0.310 e. The van der Waals surface area contributed by atoms with E-state index in [-0.39, 0.29) is 5.41 Å². The third kappa shape index (κ3) is 7.71. The van der Waals surface area contributed by atoms with E-state index in [9.17, 15) is 0 Å². The highest BCUT2D eigenvalue weighted by molar-refractivity contribution is 7.18. The quantitative estimate of drug-likeness (QED) is 0.126. The van der Waals surface area contributed by atoms with Crippen molar-refractivity contribution in [2.24, 2.45) is 0 Å². The Hall–Kier alpha value is -8.50. The highest BCUT2D eigenvalue weighted by Gasteiger charge is 2.37. The van der Waals surface area contributed by atoms with Crippen LogP contribution in [0.2, 0.25) is 0 Å². The third-order valence-electron chi connectivity index (χ3n) is 14.1. The average Bonchev–Trinajstić information content (AvgIpc) is 4.11. The molecular formula is C67H50N2S. The Morgan fingerprint density at radius 1 is 0.443 bits per heavy atom. The summed E-state index contributed by atoms with van der Waals surface area (Å²) in [5.41, 5.74) is 21.2. The molecule has 70 heavy (non-hydrogen) atoms. The Bertz CT molecular complexity index is 3620. The van der Waals surface area contributed by atoms with Crippen LogP contribution in [0.15, 0.2) is 243 Å². The van der Waals surface area contributed by atoms with Crippen LogP contribution >= 0.6 is 11.3 Å². The molecule has 0 radical (unpaired) electrons. The summed E-state index contributed by atoms with van der Waals surface area (Å²) in [4.78, 5) is 4.94. The van der Waals surface area contributed by atoms with Crippen molar-refractivity contribution in [2.45, 2.75) is 19.3 Å². The fourth-order valence-electron chi connectivity index (χ4n) is 10.4. The van der Waals surface area contributed by atoms with Gasteiger partial charge in [-0.3, -0.25) is 0 Å². The van der Waals surface area contributed by atoms with Crippen LogP contribution in [0.1, 0.15) is 41.8 Å². The van der Waals surface area contributed by atoms with E-state index in [2.05, 4.69) is 279 Å². The minimum absolute atomic E-state index is 0.269. The van der Waals surface area contributed by atoms with Crippen LogP contribution in [0.5, 0.6) is 0 Å². The largest absolute Gasteiger partial charge is 0.310 e. The van der Waals surface area contributed by atoms with E-state index in [4.69, 9.17) is 0 Å². The molecule has 9 aromatic carbocycles. The second kappa shape index (κ2) is 17.9. The normalized spacial score (nSPS) is 12.5. The molecule has 0 saturated carbocycles. The second-order valence-corrected chi connectivity index (χ2v) is 19.7. The maximum absolute atomic E-state index is 4.39. The average molecular weight is 915 g/mol. The number of hydrogen-bond donors (Lipinski definition) is 0. The number of aromatic nitrogens is 1. The first-order valence-corrected chi connectivity index (χ1v) is 24.8. The van der Waals surface area contributed by atoms with E-state index < -0.39 is 0 Å². The van der Waals surface area contributed by atoms with Gasteiger partial charge in [-0.05, 0) is 134 Å². The Balaban J connectivity index is 0.877. The molecule has 0 saturated heterocycles. The zero-order valence-corrected chi connectivity index (χ0v) is 40.1. The number of para-hydroxylation sites is 1. The lowest BCUT2D eigenvalue weighted by Crippen LogP contribution is -2.17. The van der Waals surface area contributed by atoms with Crippen LogP contribution in [0, 0.1) is 0 Å². The Morgan fingerprint density at radius 3 is 1.50 bits per heavy atom. The first kappa shape index (κ1) is 42.8. The summed E-state index contributed by atoms with van der Waals surface area (Å²) in [5, 5.41) is 1.19. The SMILES string of the molecule is C=Cc1c(C=Cc2ccc(-c3ccc(-c4ccccc4)s3)cc2)c2ccccc2n1-c1ccc2c(c1)C(C)(C)c1cc(N(c3ccc(-c4ccccc4)cc3)c3ccc(-c4ccccc4)cc3)ccc1-2. The fraction of sp³-hybridized carbons (Fsp3) is 0.0448. The van der Waals surface area contributed by atoms with Gasteiger partial charge in [0, 0.05) is 48.9 Å². The van der Waals surface area contributed by atoms with E-state index >= 15 is 0 Å². The number of nitrogens with zero attached hydrogens (tertiary/aromatic N) is 2. The van der Waals surface area contributed by atoms with Crippen molar-refractivity contribution in [2.75, 3.05) is 4.90 Å². The molecule has 3 heteroatoms. The zero-order chi connectivity index (χ0) is 47.2. The molecule has 0 atom stereocenters. The van der Waals surface area contributed by atoms with Crippen LogP contribution in [-0.4, -0.2) is 4.57 Å². The standard InChI is InChI=1S/C67H50N2S/c1-4-63-60(39-26-46-24-27-52(28-25-46)66-43-42-65(70-66)51-20-12-7-13-21-51)59-22-14-15-23-64(59)69(63)56-38-41-58-57-40-37-55(44-61(57)67(2,3)62(58)45-56)68(53-33-29-49(30-34-53)47-16-8-5-9-17-47)54-35-31-50(32-36-54)48-18-10-6-11-19-48/h4-45H,1H2,2-3H3. The summed E-state index contributed by atoms with van der Waals surface area (Å²) >= 11 is 1.83. The highest BCUT2D eigenvalue weighted by atomic mass is 32.1. The van der Waals surface area contributed by atoms with Crippen LogP contribution in [0.4, 0.5) is 17.1 Å². The Morgan fingerprint density at radius 2 is 0.914 bits per heavy atom. The number of anilines is 3. The molecule has 0 fully saturated rings. The van der Waals surface area contributed by atoms with Gasteiger partial charge in [0.05, 0.1) is 11.2 Å². The van der Waals surface area contributed by atoms with Gasteiger partial charge in [-0.25, -0.2) is 0 Å². The van der Waals surface area contributed by atoms with Gasteiger partial charge in [0.15, 0.2) is 0 Å². The summed E-state index contributed by atoms with van der Waals surface area (Å²) < 4.78 is 2.39. The van der Waals surface area contributed by atoms with E-state index in [1.54, 1.807) is 0 Å². The Labute approximate surface area is 415 Å². The third-order valence-corrected chi connectivity index (χ3v) is 15.3. The monoisotopic (exact) mass is 914 g/mol. The topological polar surface area (TPSA) is 8.17 Å². The van der Waals surface area contributed by atoms with E-state index in [0.29, 0.717) is 0 Å². The molecule has 0 spiro atoms. The molecule has 1 aliphatic carbocycles. The van der Waals surface area contributed by atoms with Crippen molar-refractivity contribution in [3.63, 3.8) is 0 Å². The lowest BCUT2D eigenvalue weighted by atomic mass is 9.82. The smallest absolute Gasteiger partial charge is 0.0541 e. The Kier molecular flexibility index (Phi) is 10.9. The van der Waals surface area contributed by atoms with Gasteiger partial charge in [-0.15, -0.1) is 11.3 Å². The first-order valence-electron chi connectivity index (χ1n) is 24.0. The van der Waals surface area contributed by atoms with Gasteiger partial charge in [-0.1, -0.05) is 202 Å². The number of fused-ring (bicyclic) bond motifs is 4. The van der Waals surface area contributed by atoms with Crippen LogP contribution in [0.3, 0.4) is 0 Å². The summed E-state index contributed by atoms with van der Waals surface area (Å²) in [7, 11) is 0. The fourth-order valence-corrected chi connectivity index (χ4v) is 11.5. The predicted octanol–water partition coefficient (Wildman–Crippen LogP) is 18.9. The number of rotatable bonds is 11. The zero-order valence-electron chi connectivity index (χ0n) is 39.3. The van der Waals surface area contributed by atoms with Crippen molar-refractivity contribution in [3.05, 3.63) is 271 Å². The molecule has 0 N–H and O–H groups in total. The highest BCUT2D eigenvalue weighted by Crippen LogP contribution is 2.52. The number of hydrogen-bond acceptors (Lipinski definition) is 2. The molecule has 12 rings (SSSR count). The molecule has 334 valence electrons. The maximum atomic E-state index is 4.39. The first-order chi connectivity index (χ1) is 34.4. The molecule has 11 aromatic rings. The van der Waals surface area contributed by atoms with Crippen molar-refractivity contribution in [1.29, 1.82) is 0 Å². The molecular weight excluding hydrogens is 865 g/mol. The van der Waals surface area contributed by atoms with Gasteiger partial charge in [0.25, 0.3) is 0 Å². The van der Waals surface area contributed by atoms with Gasteiger partial charge in [0.2, 0.25) is 0 Å². The second-order valence-electron chi connectivity index (χ2n) is 18.6. The lowest BCUT2D eigenvalue weighted by Gasteiger charge is -2.28. The molecule has 1 aliphatic rings. The molecule has 0 aliphatic heterocycles. The van der Waals surface area contributed by atoms with Crippen molar-refractivity contribution >= 4 is 57.5 Å². The summed E-state index contributed by atoms with van der Waals surface area (Å²) in [6.45, 7) is 9.14. The minimum atomic E-state index is -0.269.